The third-order valence-corrected chi connectivity index (χ3v) is 5.92. The molecule has 2 aromatic rings. The molecule has 0 saturated carbocycles. The van der Waals surface area contributed by atoms with Gasteiger partial charge in [-0.25, -0.2) is 4.39 Å². The molecule has 4 rings (SSSR count). The number of halogens is 4. The van der Waals surface area contributed by atoms with Gasteiger partial charge in [-0.3, -0.25) is 14.7 Å². The number of alkyl halides is 3. The zero-order chi connectivity index (χ0) is 24.5. The molecule has 0 fully saturated rings. The third kappa shape index (κ3) is 5.45. The number of rotatable bonds is 6. The van der Waals surface area contributed by atoms with E-state index in [4.69, 9.17) is 9.88 Å². The highest BCUT2D eigenvalue weighted by Crippen LogP contribution is 2.28. The highest BCUT2D eigenvalue weighted by molar-refractivity contribution is 7.97. The van der Waals surface area contributed by atoms with Gasteiger partial charge in [0.2, 0.25) is 0 Å². The first-order chi connectivity index (χ1) is 16.1. The molecular weight excluding hydrogens is 478 g/mol. The number of carbonyl (C=O) groups is 2. The van der Waals surface area contributed by atoms with Crippen LogP contribution in [0.4, 0.5) is 17.6 Å². The van der Waals surface area contributed by atoms with Crippen LogP contribution in [0.1, 0.15) is 10.4 Å². The molecule has 7 nitrogen and oxygen atoms in total. The number of hydrogen-bond acceptors (Lipinski definition) is 6. The van der Waals surface area contributed by atoms with Gasteiger partial charge in [-0.1, -0.05) is 0 Å². The second-order valence-electron chi connectivity index (χ2n) is 7.69. The summed E-state index contributed by atoms with van der Waals surface area (Å²) in [7, 11) is 0. The summed E-state index contributed by atoms with van der Waals surface area (Å²) in [6, 6.07) is 8.94. The van der Waals surface area contributed by atoms with Crippen molar-refractivity contribution >= 4 is 23.8 Å². The maximum atomic E-state index is 14.3. The first-order valence-electron chi connectivity index (χ1n) is 10.0. The summed E-state index contributed by atoms with van der Waals surface area (Å²) >= 11 is 0.890. The molecule has 2 aliphatic heterocycles. The molecule has 0 aromatic heterocycles. The van der Waals surface area contributed by atoms with E-state index in [-0.39, 0.29) is 29.6 Å². The number of ether oxygens (including phenoxy) is 2. The Morgan fingerprint density at radius 2 is 1.53 bits per heavy atom. The van der Waals surface area contributed by atoms with Crippen LogP contribution in [0.15, 0.2) is 58.5 Å². The van der Waals surface area contributed by atoms with Crippen LogP contribution in [-0.2, 0) is 4.79 Å². The van der Waals surface area contributed by atoms with E-state index in [2.05, 4.69) is 4.74 Å². The Morgan fingerprint density at radius 1 is 0.941 bits per heavy atom. The summed E-state index contributed by atoms with van der Waals surface area (Å²) in [6.07, 6.45) is -4.79. The van der Waals surface area contributed by atoms with Crippen molar-refractivity contribution < 1.29 is 36.6 Å². The Morgan fingerprint density at radius 3 is 2.09 bits per heavy atom. The number of carbonyl (C=O) groups excluding carboxylic acids is 2. The molecule has 180 valence electrons. The number of nitrogens with zero attached hydrogens (tertiary/aromatic N) is 2. The fraction of sp³-hybridized carbons (Fsp3) is 0.273. The van der Waals surface area contributed by atoms with Crippen molar-refractivity contribution in [1.82, 2.24) is 9.80 Å². The topological polar surface area (TPSA) is 85.1 Å². The Bertz CT molecular complexity index is 1120. The first-order valence-corrected chi connectivity index (χ1v) is 10.9. The standard InChI is InChI=1S/C22H19F4N3O4S/c23-19-7-17(34-27)5-6-18(19)21(31)29-10-13-8-28(9-14(13)11-29)20(30)12-32-15-1-3-16(4-2-15)33-22(24,25)26/h1-7H,8-12,27H2. The first kappa shape index (κ1) is 23.9. The van der Waals surface area contributed by atoms with Gasteiger partial charge in [0.05, 0.1) is 5.56 Å². The molecule has 0 radical (unpaired) electrons. The average Bonchev–Trinajstić information content (AvgIpc) is 3.36. The lowest BCUT2D eigenvalue weighted by atomic mass is 10.2. The number of amides is 2. The normalized spacial score (nSPS) is 15.6. The maximum absolute atomic E-state index is 14.3. The molecule has 0 atom stereocenters. The fourth-order valence-corrected chi connectivity index (χ4v) is 4.11. The van der Waals surface area contributed by atoms with E-state index < -0.39 is 18.1 Å². The van der Waals surface area contributed by atoms with Crippen molar-refractivity contribution in [2.45, 2.75) is 11.3 Å². The Balaban J connectivity index is 1.26. The number of hydrogen-bond donors (Lipinski definition) is 1. The summed E-state index contributed by atoms with van der Waals surface area (Å²) < 4.78 is 60.1. The minimum atomic E-state index is -4.79. The van der Waals surface area contributed by atoms with E-state index in [1.807, 2.05) is 0 Å². The van der Waals surface area contributed by atoms with E-state index in [0.29, 0.717) is 31.1 Å². The third-order valence-electron chi connectivity index (χ3n) is 5.39. The van der Waals surface area contributed by atoms with E-state index in [1.54, 1.807) is 11.0 Å². The highest BCUT2D eigenvalue weighted by Gasteiger charge is 2.35. The van der Waals surface area contributed by atoms with Gasteiger partial charge in [0.25, 0.3) is 11.8 Å². The molecule has 0 spiro atoms. The summed E-state index contributed by atoms with van der Waals surface area (Å²) in [4.78, 5) is 28.8. The SMILES string of the molecule is NSc1ccc(C(=O)N2CC3=C(CN(C(=O)COc4ccc(OC(F)(F)F)cc4)C3)C2)c(F)c1. The van der Waals surface area contributed by atoms with E-state index in [0.717, 1.165) is 35.2 Å². The van der Waals surface area contributed by atoms with Gasteiger partial charge in [0, 0.05) is 31.1 Å². The summed E-state index contributed by atoms with van der Waals surface area (Å²) in [5.41, 5.74) is 1.81. The van der Waals surface area contributed by atoms with Crippen LogP contribution in [0, 0.1) is 5.82 Å². The number of nitrogens with two attached hydrogens (primary N) is 1. The number of benzene rings is 2. The lowest BCUT2D eigenvalue weighted by molar-refractivity contribution is -0.274. The Hall–Kier alpha value is -3.25. The van der Waals surface area contributed by atoms with Crippen molar-refractivity contribution in [3.8, 4) is 11.5 Å². The lowest BCUT2D eigenvalue weighted by Crippen LogP contribution is -2.38. The molecule has 2 aliphatic rings. The predicted molar refractivity (Wildman–Crippen MR) is 115 cm³/mol. The van der Waals surface area contributed by atoms with Crippen LogP contribution in [-0.4, -0.2) is 60.8 Å². The Kier molecular flexibility index (Phi) is 6.71. The van der Waals surface area contributed by atoms with Crippen LogP contribution in [0.5, 0.6) is 11.5 Å². The highest BCUT2D eigenvalue weighted by atomic mass is 32.2. The largest absolute Gasteiger partial charge is 0.573 e. The van der Waals surface area contributed by atoms with Gasteiger partial charge >= 0.3 is 6.36 Å². The van der Waals surface area contributed by atoms with Gasteiger partial charge in [-0.15, -0.1) is 13.2 Å². The zero-order valence-corrected chi connectivity index (χ0v) is 18.4. The lowest BCUT2D eigenvalue weighted by Gasteiger charge is -2.23. The van der Waals surface area contributed by atoms with Crippen LogP contribution in [0.2, 0.25) is 0 Å². The minimum absolute atomic E-state index is 0.0352. The predicted octanol–water partition coefficient (Wildman–Crippen LogP) is 3.36. The van der Waals surface area contributed by atoms with Crippen molar-refractivity contribution in [3.63, 3.8) is 0 Å². The average molecular weight is 497 g/mol. The molecule has 0 bridgehead atoms. The van der Waals surface area contributed by atoms with E-state index in [1.165, 1.54) is 29.2 Å². The van der Waals surface area contributed by atoms with Crippen molar-refractivity contribution in [1.29, 1.82) is 0 Å². The van der Waals surface area contributed by atoms with Crippen molar-refractivity contribution in [2.24, 2.45) is 5.14 Å². The molecule has 0 unspecified atom stereocenters. The van der Waals surface area contributed by atoms with E-state index >= 15 is 0 Å². The molecule has 0 saturated heterocycles. The molecular formula is C22H19F4N3O4S. The van der Waals surface area contributed by atoms with E-state index in [9.17, 15) is 27.2 Å². The second kappa shape index (κ2) is 9.55. The van der Waals surface area contributed by atoms with Crippen molar-refractivity contribution in [2.75, 3.05) is 32.8 Å². The second-order valence-corrected chi connectivity index (χ2v) is 8.39. The molecule has 2 heterocycles. The zero-order valence-electron chi connectivity index (χ0n) is 17.6. The van der Waals surface area contributed by atoms with Crippen molar-refractivity contribution in [3.05, 3.63) is 65.0 Å². The quantitative estimate of drug-likeness (QED) is 0.374. The molecule has 2 N–H and O–H groups in total. The summed E-state index contributed by atoms with van der Waals surface area (Å²) in [5, 5.41) is 5.41. The van der Waals surface area contributed by atoms with Crippen LogP contribution in [0.3, 0.4) is 0 Å². The molecule has 12 heteroatoms. The minimum Gasteiger partial charge on any atom is -0.484 e. The van der Waals surface area contributed by atoms with Gasteiger partial charge < -0.3 is 19.3 Å². The summed E-state index contributed by atoms with van der Waals surface area (Å²) in [6.45, 7) is 0.952. The smallest absolute Gasteiger partial charge is 0.484 e. The monoisotopic (exact) mass is 497 g/mol. The fourth-order valence-electron chi connectivity index (χ4n) is 3.79. The van der Waals surface area contributed by atoms with Gasteiger partial charge in [-0.2, -0.15) is 0 Å². The van der Waals surface area contributed by atoms with Gasteiger partial charge in [-0.05, 0) is 65.6 Å². The van der Waals surface area contributed by atoms with Gasteiger partial charge in [0.15, 0.2) is 6.61 Å². The Labute approximate surface area is 196 Å². The van der Waals surface area contributed by atoms with Crippen LogP contribution >= 0.6 is 11.9 Å². The van der Waals surface area contributed by atoms with Gasteiger partial charge in [0.1, 0.15) is 17.3 Å². The molecule has 34 heavy (non-hydrogen) atoms. The molecule has 2 amide bonds. The molecule has 0 aliphatic carbocycles. The summed E-state index contributed by atoms with van der Waals surface area (Å²) in [5.74, 6) is -1.54. The van der Waals surface area contributed by atoms with Crippen LogP contribution in [0.25, 0.3) is 0 Å². The maximum Gasteiger partial charge on any atom is 0.573 e. The van der Waals surface area contributed by atoms with Crippen LogP contribution < -0.4 is 14.6 Å². The molecule has 2 aromatic carbocycles.